The van der Waals surface area contributed by atoms with E-state index in [1.807, 2.05) is 6.92 Å². The van der Waals surface area contributed by atoms with Gasteiger partial charge < -0.3 is 10.6 Å². The number of rotatable bonds is 6. The summed E-state index contributed by atoms with van der Waals surface area (Å²) >= 11 is 0. The first-order valence-corrected chi connectivity index (χ1v) is 3.75. The zero-order valence-electron chi connectivity index (χ0n) is 6.72. The van der Waals surface area contributed by atoms with Gasteiger partial charge in [0.2, 0.25) is 12.3 Å². The van der Waals surface area contributed by atoms with Gasteiger partial charge >= 0.3 is 0 Å². The molecule has 0 aliphatic carbocycles. The minimum Gasteiger partial charge on any atom is -0.359 e. The minimum absolute atomic E-state index is 0.0419. The van der Waals surface area contributed by atoms with Crippen LogP contribution in [-0.4, -0.2) is 25.4 Å². The quantitative estimate of drug-likeness (QED) is 0.410. The summed E-state index contributed by atoms with van der Waals surface area (Å²) in [5.74, 6) is 0.0419. The van der Waals surface area contributed by atoms with Gasteiger partial charge in [-0.15, -0.1) is 0 Å². The molecule has 4 heteroatoms. The first kappa shape index (κ1) is 9.94. The van der Waals surface area contributed by atoms with Crippen molar-refractivity contribution in [2.45, 2.75) is 19.8 Å². The summed E-state index contributed by atoms with van der Waals surface area (Å²) in [5.41, 5.74) is 0. The zero-order chi connectivity index (χ0) is 8.53. The molecule has 0 fully saturated rings. The van der Waals surface area contributed by atoms with Crippen LogP contribution in [0.3, 0.4) is 0 Å². The van der Waals surface area contributed by atoms with Gasteiger partial charge in [0.1, 0.15) is 0 Å². The number of amides is 2. The molecule has 0 radical (unpaired) electrons. The summed E-state index contributed by atoms with van der Waals surface area (Å²) in [5, 5.41) is 5.15. The van der Waals surface area contributed by atoms with Gasteiger partial charge in [0.05, 0.1) is 0 Å². The van der Waals surface area contributed by atoms with E-state index >= 15 is 0 Å². The largest absolute Gasteiger partial charge is 0.359 e. The van der Waals surface area contributed by atoms with Crippen LogP contribution in [0.1, 0.15) is 19.8 Å². The van der Waals surface area contributed by atoms with E-state index in [0.717, 1.165) is 0 Å². The van der Waals surface area contributed by atoms with Gasteiger partial charge in [-0.2, -0.15) is 0 Å². The van der Waals surface area contributed by atoms with E-state index in [0.29, 0.717) is 32.3 Å². The first-order chi connectivity index (χ1) is 5.31. The van der Waals surface area contributed by atoms with Gasteiger partial charge in [-0.3, -0.25) is 9.59 Å². The van der Waals surface area contributed by atoms with Crippen molar-refractivity contribution < 1.29 is 9.59 Å². The predicted octanol–water partition coefficient (Wildman–Crippen LogP) is -0.351. The van der Waals surface area contributed by atoms with Crippen LogP contribution >= 0.6 is 0 Å². The maximum atomic E-state index is 10.8. The summed E-state index contributed by atoms with van der Waals surface area (Å²) in [7, 11) is 0. The molecule has 0 aromatic heterocycles. The lowest BCUT2D eigenvalue weighted by molar-refractivity contribution is -0.121. The summed E-state index contributed by atoms with van der Waals surface area (Å²) in [6.07, 6.45) is 1.82. The van der Waals surface area contributed by atoms with Crippen molar-refractivity contribution in [2.24, 2.45) is 0 Å². The molecule has 2 amide bonds. The fourth-order valence-electron chi connectivity index (χ4n) is 0.695. The predicted molar refractivity (Wildman–Crippen MR) is 42.0 cm³/mol. The van der Waals surface area contributed by atoms with E-state index in [-0.39, 0.29) is 5.91 Å². The van der Waals surface area contributed by atoms with E-state index in [1.165, 1.54) is 0 Å². The molecule has 0 atom stereocenters. The maximum Gasteiger partial charge on any atom is 0.220 e. The molecule has 0 rings (SSSR count). The van der Waals surface area contributed by atoms with Crippen molar-refractivity contribution in [2.75, 3.05) is 13.1 Å². The lowest BCUT2D eigenvalue weighted by Gasteiger charge is -2.00. The third-order valence-corrected chi connectivity index (χ3v) is 1.18. The van der Waals surface area contributed by atoms with Crippen LogP contribution in [0.25, 0.3) is 0 Å². The SMILES string of the molecule is CCNC(=O)CCCNC=O. The number of carbonyl (C=O) groups excluding carboxylic acids is 2. The molecule has 0 heterocycles. The maximum absolute atomic E-state index is 10.8. The van der Waals surface area contributed by atoms with E-state index in [1.54, 1.807) is 0 Å². The smallest absolute Gasteiger partial charge is 0.220 e. The Kier molecular flexibility index (Phi) is 6.37. The molecule has 0 aromatic carbocycles. The second-order valence-electron chi connectivity index (χ2n) is 2.13. The monoisotopic (exact) mass is 158 g/mol. The summed E-state index contributed by atoms with van der Waals surface area (Å²) < 4.78 is 0. The lowest BCUT2D eigenvalue weighted by atomic mass is 10.3. The normalized spacial score (nSPS) is 8.82. The summed E-state index contributed by atoms with van der Waals surface area (Å²) in [6, 6.07) is 0. The molecule has 0 aliphatic rings. The van der Waals surface area contributed by atoms with Crippen LogP contribution in [0, 0.1) is 0 Å². The third-order valence-electron chi connectivity index (χ3n) is 1.18. The molecule has 0 saturated heterocycles. The highest BCUT2D eigenvalue weighted by Gasteiger charge is 1.96. The van der Waals surface area contributed by atoms with Gasteiger partial charge in [-0.25, -0.2) is 0 Å². The molecule has 4 nitrogen and oxygen atoms in total. The molecular formula is C7H14N2O2. The van der Waals surface area contributed by atoms with Gasteiger partial charge in [0, 0.05) is 19.5 Å². The Bertz CT molecular complexity index is 126. The molecule has 0 bridgehead atoms. The average molecular weight is 158 g/mol. The molecular weight excluding hydrogens is 144 g/mol. The second kappa shape index (κ2) is 7.05. The fraction of sp³-hybridized carbons (Fsp3) is 0.714. The molecule has 0 unspecified atom stereocenters. The molecule has 0 saturated carbocycles. The van der Waals surface area contributed by atoms with Crippen molar-refractivity contribution in [3.63, 3.8) is 0 Å². The zero-order valence-corrected chi connectivity index (χ0v) is 6.72. The van der Waals surface area contributed by atoms with Crippen molar-refractivity contribution in [1.29, 1.82) is 0 Å². The summed E-state index contributed by atoms with van der Waals surface area (Å²) in [6.45, 7) is 3.11. The molecule has 2 N–H and O–H groups in total. The Hall–Kier alpha value is -1.06. The van der Waals surface area contributed by atoms with E-state index in [4.69, 9.17) is 0 Å². The standard InChI is InChI=1S/C7H14N2O2/c1-2-9-7(11)4-3-5-8-6-10/h6H,2-5H2,1H3,(H,8,10)(H,9,11). The number of hydrogen-bond acceptors (Lipinski definition) is 2. The van der Waals surface area contributed by atoms with Crippen LogP contribution in [0.4, 0.5) is 0 Å². The first-order valence-electron chi connectivity index (χ1n) is 3.75. The minimum atomic E-state index is 0.0419. The van der Waals surface area contributed by atoms with Crippen LogP contribution in [0.2, 0.25) is 0 Å². The Balaban J connectivity index is 3.10. The van der Waals surface area contributed by atoms with Gasteiger partial charge in [-0.05, 0) is 13.3 Å². The molecule has 11 heavy (non-hydrogen) atoms. The van der Waals surface area contributed by atoms with Crippen LogP contribution in [0.15, 0.2) is 0 Å². The Morgan fingerprint density at radius 2 is 2.27 bits per heavy atom. The van der Waals surface area contributed by atoms with Crippen molar-refractivity contribution in [3.8, 4) is 0 Å². The highest BCUT2D eigenvalue weighted by molar-refractivity contribution is 5.75. The third kappa shape index (κ3) is 6.83. The van der Waals surface area contributed by atoms with Crippen molar-refractivity contribution in [1.82, 2.24) is 10.6 Å². The second-order valence-corrected chi connectivity index (χ2v) is 2.13. The van der Waals surface area contributed by atoms with Gasteiger partial charge in [0.15, 0.2) is 0 Å². The Labute approximate surface area is 66.4 Å². The van der Waals surface area contributed by atoms with E-state index in [2.05, 4.69) is 10.6 Å². The lowest BCUT2D eigenvalue weighted by Crippen LogP contribution is -2.23. The molecule has 0 aromatic rings. The Morgan fingerprint density at radius 1 is 1.55 bits per heavy atom. The average Bonchev–Trinajstić information content (AvgIpc) is 1.99. The molecule has 64 valence electrons. The van der Waals surface area contributed by atoms with Gasteiger partial charge in [0.25, 0.3) is 0 Å². The Morgan fingerprint density at radius 3 is 2.82 bits per heavy atom. The van der Waals surface area contributed by atoms with E-state index < -0.39 is 0 Å². The summed E-state index contributed by atoms with van der Waals surface area (Å²) in [4.78, 5) is 20.5. The molecule has 0 spiro atoms. The fourth-order valence-corrected chi connectivity index (χ4v) is 0.695. The van der Waals surface area contributed by atoms with Crippen LogP contribution in [-0.2, 0) is 9.59 Å². The molecule has 0 aliphatic heterocycles. The van der Waals surface area contributed by atoms with Crippen LogP contribution in [0.5, 0.6) is 0 Å². The topological polar surface area (TPSA) is 58.2 Å². The number of nitrogens with one attached hydrogen (secondary N) is 2. The highest BCUT2D eigenvalue weighted by Crippen LogP contribution is 1.85. The van der Waals surface area contributed by atoms with E-state index in [9.17, 15) is 9.59 Å². The highest BCUT2D eigenvalue weighted by atomic mass is 16.1. The number of hydrogen-bond donors (Lipinski definition) is 2. The van der Waals surface area contributed by atoms with Crippen molar-refractivity contribution >= 4 is 12.3 Å². The van der Waals surface area contributed by atoms with Gasteiger partial charge in [-0.1, -0.05) is 0 Å². The van der Waals surface area contributed by atoms with Crippen LogP contribution < -0.4 is 10.6 Å². The number of carbonyl (C=O) groups is 2. The van der Waals surface area contributed by atoms with Crippen molar-refractivity contribution in [3.05, 3.63) is 0 Å².